The van der Waals surface area contributed by atoms with Gasteiger partial charge < -0.3 is 15.5 Å². The Labute approximate surface area is 150 Å². The topological polar surface area (TPSA) is 73.5 Å². The minimum absolute atomic E-state index is 0.189. The van der Waals surface area contributed by atoms with Gasteiger partial charge in [-0.2, -0.15) is 0 Å². The van der Waals surface area contributed by atoms with E-state index in [-0.39, 0.29) is 17.9 Å². The molecule has 1 aromatic rings. The standard InChI is InChI=1S/C17H24N4O2.C2H6/c1-21-9-7-12(8-10-21)18-13-3-2-4-14(11-13)19-15-5-6-16(22)20-17(15)23;1-2/h2-4,11-12,15,18-19H,5-10H2,1H3,(H,20,22,23);1-2H3. The molecule has 3 N–H and O–H groups in total. The van der Waals surface area contributed by atoms with Gasteiger partial charge in [-0.15, -0.1) is 0 Å². The van der Waals surface area contributed by atoms with Crippen molar-refractivity contribution in [2.75, 3.05) is 30.8 Å². The maximum absolute atomic E-state index is 11.8. The molecule has 1 aromatic carbocycles. The van der Waals surface area contributed by atoms with Crippen molar-refractivity contribution < 1.29 is 9.59 Å². The van der Waals surface area contributed by atoms with Gasteiger partial charge >= 0.3 is 0 Å². The van der Waals surface area contributed by atoms with Crippen molar-refractivity contribution in [2.24, 2.45) is 0 Å². The summed E-state index contributed by atoms with van der Waals surface area (Å²) in [5, 5.41) is 9.17. The number of rotatable bonds is 4. The van der Waals surface area contributed by atoms with E-state index in [1.54, 1.807) is 0 Å². The predicted molar refractivity (Wildman–Crippen MR) is 102 cm³/mol. The number of anilines is 2. The number of nitrogens with one attached hydrogen (secondary N) is 3. The molecular formula is C19H30N4O2. The lowest BCUT2D eigenvalue weighted by Gasteiger charge is -2.30. The maximum Gasteiger partial charge on any atom is 0.249 e. The van der Waals surface area contributed by atoms with Crippen molar-refractivity contribution in [1.82, 2.24) is 10.2 Å². The zero-order valence-corrected chi connectivity index (χ0v) is 15.5. The molecule has 0 spiro atoms. The zero-order valence-electron chi connectivity index (χ0n) is 15.5. The summed E-state index contributed by atoms with van der Waals surface area (Å²) in [7, 11) is 2.15. The fraction of sp³-hybridized carbons (Fsp3) is 0.579. The quantitative estimate of drug-likeness (QED) is 0.730. The van der Waals surface area contributed by atoms with Crippen LogP contribution >= 0.6 is 0 Å². The molecule has 6 heteroatoms. The number of hydrogen-bond donors (Lipinski definition) is 3. The fourth-order valence-corrected chi connectivity index (χ4v) is 3.12. The fourth-order valence-electron chi connectivity index (χ4n) is 3.12. The van der Waals surface area contributed by atoms with E-state index in [1.165, 1.54) is 0 Å². The van der Waals surface area contributed by atoms with E-state index in [2.05, 4.69) is 27.9 Å². The van der Waals surface area contributed by atoms with Crippen molar-refractivity contribution in [2.45, 2.75) is 51.6 Å². The molecule has 0 aliphatic carbocycles. The van der Waals surface area contributed by atoms with Crippen LogP contribution in [0.15, 0.2) is 24.3 Å². The maximum atomic E-state index is 11.8. The van der Waals surface area contributed by atoms with Crippen LogP contribution in [0.25, 0.3) is 0 Å². The van der Waals surface area contributed by atoms with Gasteiger partial charge in [-0.1, -0.05) is 19.9 Å². The Hall–Kier alpha value is -2.08. The highest BCUT2D eigenvalue weighted by Crippen LogP contribution is 2.21. The summed E-state index contributed by atoms with van der Waals surface area (Å²) in [6.07, 6.45) is 3.21. The van der Waals surface area contributed by atoms with Crippen LogP contribution in [0.4, 0.5) is 11.4 Å². The van der Waals surface area contributed by atoms with Gasteiger partial charge in [-0.3, -0.25) is 14.9 Å². The first-order valence-corrected chi connectivity index (χ1v) is 9.25. The van der Waals surface area contributed by atoms with Gasteiger partial charge in [-0.05, 0) is 57.6 Å². The summed E-state index contributed by atoms with van der Waals surface area (Å²) < 4.78 is 0. The molecule has 2 aliphatic rings. The molecule has 2 fully saturated rings. The van der Waals surface area contributed by atoms with E-state index in [9.17, 15) is 9.59 Å². The molecule has 2 saturated heterocycles. The van der Waals surface area contributed by atoms with Crippen molar-refractivity contribution in [1.29, 1.82) is 0 Å². The summed E-state index contributed by atoms with van der Waals surface area (Å²) in [6, 6.07) is 8.16. The highest BCUT2D eigenvalue weighted by Gasteiger charge is 2.26. The van der Waals surface area contributed by atoms with E-state index in [0.717, 1.165) is 37.3 Å². The molecule has 25 heavy (non-hydrogen) atoms. The first kappa shape index (κ1) is 19.2. The molecule has 2 heterocycles. The van der Waals surface area contributed by atoms with Gasteiger partial charge in [0.05, 0.1) is 0 Å². The Balaban J connectivity index is 0.00000109. The third-order valence-corrected chi connectivity index (χ3v) is 4.53. The summed E-state index contributed by atoms with van der Waals surface area (Å²) in [5.41, 5.74) is 1.97. The number of benzene rings is 1. The Kier molecular flexibility index (Phi) is 7.25. The highest BCUT2D eigenvalue weighted by molar-refractivity contribution is 6.01. The summed E-state index contributed by atoms with van der Waals surface area (Å²) in [4.78, 5) is 25.4. The molecule has 1 unspecified atom stereocenters. The summed E-state index contributed by atoms with van der Waals surface area (Å²) in [5.74, 6) is -0.430. The Bertz CT molecular complexity index is 583. The van der Waals surface area contributed by atoms with E-state index < -0.39 is 0 Å². The minimum atomic E-state index is -0.341. The van der Waals surface area contributed by atoms with Gasteiger partial charge in [0.25, 0.3) is 0 Å². The van der Waals surface area contributed by atoms with Crippen LogP contribution in [-0.2, 0) is 9.59 Å². The molecule has 0 radical (unpaired) electrons. The van der Waals surface area contributed by atoms with Crippen LogP contribution in [0, 0.1) is 0 Å². The third-order valence-electron chi connectivity index (χ3n) is 4.53. The van der Waals surface area contributed by atoms with E-state index in [1.807, 2.05) is 38.1 Å². The molecule has 0 saturated carbocycles. The molecule has 0 aromatic heterocycles. The molecule has 0 bridgehead atoms. The first-order valence-electron chi connectivity index (χ1n) is 9.25. The lowest BCUT2D eigenvalue weighted by molar-refractivity contribution is -0.133. The van der Waals surface area contributed by atoms with Crippen molar-refractivity contribution in [3.63, 3.8) is 0 Å². The number of imide groups is 1. The van der Waals surface area contributed by atoms with Crippen LogP contribution in [0.2, 0.25) is 0 Å². The minimum Gasteiger partial charge on any atom is -0.382 e. The van der Waals surface area contributed by atoms with Gasteiger partial charge in [0, 0.05) is 23.8 Å². The molecule has 138 valence electrons. The van der Waals surface area contributed by atoms with Crippen LogP contribution in [0.3, 0.4) is 0 Å². The molecule has 6 nitrogen and oxygen atoms in total. The lowest BCUT2D eigenvalue weighted by atomic mass is 10.0. The largest absolute Gasteiger partial charge is 0.382 e. The monoisotopic (exact) mass is 346 g/mol. The smallest absolute Gasteiger partial charge is 0.249 e. The average molecular weight is 346 g/mol. The molecule has 2 aliphatic heterocycles. The van der Waals surface area contributed by atoms with Gasteiger partial charge in [-0.25, -0.2) is 0 Å². The molecule has 3 rings (SSSR count). The Morgan fingerprint density at radius 1 is 1.04 bits per heavy atom. The van der Waals surface area contributed by atoms with Crippen LogP contribution < -0.4 is 16.0 Å². The summed E-state index contributed by atoms with van der Waals surface area (Å²) in [6.45, 7) is 6.23. The van der Waals surface area contributed by atoms with Gasteiger partial charge in [0.15, 0.2) is 0 Å². The average Bonchev–Trinajstić information content (AvgIpc) is 2.62. The van der Waals surface area contributed by atoms with Crippen molar-refractivity contribution in [3.8, 4) is 0 Å². The third kappa shape index (κ3) is 5.74. The summed E-state index contributed by atoms with van der Waals surface area (Å²) >= 11 is 0. The number of carbonyl (C=O) groups excluding carboxylic acids is 2. The van der Waals surface area contributed by atoms with E-state index in [4.69, 9.17) is 0 Å². The van der Waals surface area contributed by atoms with E-state index >= 15 is 0 Å². The number of piperidine rings is 2. The van der Waals surface area contributed by atoms with Crippen LogP contribution in [-0.4, -0.2) is 48.9 Å². The number of amides is 2. The second kappa shape index (κ2) is 9.42. The Morgan fingerprint density at radius 2 is 1.68 bits per heavy atom. The molecule has 2 amide bonds. The first-order chi connectivity index (χ1) is 12.1. The second-order valence-corrected chi connectivity index (χ2v) is 6.45. The van der Waals surface area contributed by atoms with Gasteiger partial charge in [0.2, 0.25) is 11.8 Å². The lowest BCUT2D eigenvalue weighted by Crippen LogP contribution is -2.47. The van der Waals surface area contributed by atoms with E-state index in [0.29, 0.717) is 18.9 Å². The SMILES string of the molecule is CC.CN1CCC(Nc2cccc(NC3CCC(=O)NC3=O)c2)CC1. The number of hydrogen-bond acceptors (Lipinski definition) is 5. The van der Waals surface area contributed by atoms with Crippen molar-refractivity contribution in [3.05, 3.63) is 24.3 Å². The molecule has 1 atom stereocenters. The zero-order chi connectivity index (χ0) is 18.2. The highest BCUT2D eigenvalue weighted by atomic mass is 16.2. The normalized spacial score (nSPS) is 21.8. The number of nitrogens with zero attached hydrogens (tertiary/aromatic N) is 1. The Morgan fingerprint density at radius 3 is 2.32 bits per heavy atom. The number of carbonyl (C=O) groups is 2. The molecular weight excluding hydrogens is 316 g/mol. The predicted octanol–water partition coefficient (Wildman–Crippen LogP) is 2.44. The number of likely N-dealkylation sites (tertiary alicyclic amines) is 1. The second-order valence-electron chi connectivity index (χ2n) is 6.45. The van der Waals surface area contributed by atoms with Crippen LogP contribution in [0.5, 0.6) is 0 Å². The van der Waals surface area contributed by atoms with Crippen LogP contribution in [0.1, 0.15) is 39.5 Å². The van der Waals surface area contributed by atoms with Crippen molar-refractivity contribution >= 4 is 23.2 Å². The van der Waals surface area contributed by atoms with Gasteiger partial charge in [0.1, 0.15) is 6.04 Å².